The van der Waals surface area contributed by atoms with Crippen molar-refractivity contribution in [3.05, 3.63) is 36.5 Å². The van der Waals surface area contributed by atoms with Crippen LogP contribution in [0.2, 0.25) is 0 Å². The van der Waals surface area contributed by atoms with Crippen LogP contribution in [0.15, 0.2) is 36.5 Å². The van der Waals surface area contributed by atoms with Gasteiger partial charge in [0.05, 0.1) is 5.52 Å². The summed E-state index contributed by atoms with van der Waals surface area (Å²) in [6.45, 7) is 0. The third-order valence-electron chi connectivity index (χ3n) is 2.45. The second-order valence-electron chi connectivity index (χ2n) is 3.32. The molecule has 0 atom stereocenters. The van der Waals surface area contributed by atoms with Crippen LogP contribution in [0.1, 0.15) is 0 Å². The van der Waals surface area contributed by atoms with Gasteiger partial charge in [-0.2, -0.15) is 5.10 Å². The van der Waals surface area contributed by atoms with E-state index in [2.05, 4.69) is 16.1 Å². The molecular weight excluding hydrogens is 174 g/mol. The van der Waals surface area contributed by atoms with Gasteiger partial charge in [-0.3, -0.25) is 4.68 Å². The molecule has 0 spiro atoms. The summed E-state index contributed by atoms with van der Waals surface area (Å²) in [6, 6.07) is 10.1. The van der Waals surface area contributed by atoms with Crippen LogP contribution in [0, 0.1) is 0 Å². The van der Waals surface area contributed by atoms with Gasteiger partial charge >= 0.3 is 0 Å². The van der Waals surface area contributed by atoms with Crippen molar-refractivity contribution in [3.63, 3.8) is 0 Å². The third-order valence-corrected chi connectivity index (χ3v) is 2.45. The number of aromatic nitrogens is 3. The number of nitrogens with zero attached hydrogens (tertiary/aromatic N) is 3. The van der Waals surface area contributed by atoms with Crippen molar-refractivity contribution in [3.8, 4) is 11.4 Å². The van der Waals surface area contributed by atoms with Crippen molar-refractivity contribution >= 4 is 10.9 Å². The van der Waals surface area contributed by atoms with Crippen molar-refractivity contribution in [2.45, 2.75) is 0 Å². The average molecular weight is 183 g/mol. The lowest BCUT2D eigenvalue weighted by molar-refractivity contribution is 0.736. The topological polar surface area (TPSA) is 30.7 Å². The maximum absolute atomic E-state index is 4.52. The molecule has 2 aliphatic heterocycles. The van der Waals surface area contributed by atoms with Gasteiger partial charge in [0.1, 0.15) is 0 Å². The number of hydrogen-bond donors (Lipinski definition) is 0. The highest BCUT2D eigenvalue weighted by Crippen LogP contribution is 2.28. The molecule has 2 aliphatic rings. The highest BCUT2D eigenvalue weighted by atomic mass is 15.3. The largest absolute Gasteiger partial charge is 0.250 e. The zero-order valence-corrected chi connectivity index (χ0v) is 7.81. The van der Waals surface area contributed by atoms with Crippen LogP contribution in [0.5, 0.6) is 0 Å². The van der Waals surface area contributed by atoms with Crippen molar-refractivity contribution in [2.75, 3.05) is 0 Å². The first kappa shape index (κ1) is 7.50. The monoisotopic (exact) mass is 183 g/mol. The molecule has 3 nitrogen and oxygen atoms in total. The van der Waals surface area contributed by atoms with E-state index in [-0.39, 0.29) is 0 Å². The summed E-state index contributed by atoms with van der Waals surface area (Å²) in [5, 5.41) is 5.35. The molecule has 0 saturated heterocycles. The normalized spacial score (nSPS) is 11.2. The predicted molar refractivity (Wildman–Crippen MR) is 55.1 cm³/mol. The molecule has 14 heavy (non-hydrogen) atoms. The molecule has 0 unspecified atom stereocenters. The Kier molecular flexibility index (Phi) is 1.36. The highest BCUT2D eigenvalue weighted by molar-refractivity contribution is 5.95. The van der Waals surface area contributed by atoms with Crippen molar-refractivity contribution < 1.29 is 0 Å². The minimum absolute atomic E-state index is 0.939. The van der Waals surface area contributed by atoms with Crippen LogP contribution in [0.25, 0.3) is 22.3 Å². The fraction of sp³-hybridized carbons (Fsp3) is 0.0909. The average Bonchev–Trinajstić information content (AvgIpc) is 2.59. The van der Waals surface area contributed by atoms with Crippen molar-refractivity contribution in [2.24, 2.45) is 7.05 Å². The first-order valence-corrected chi connectivity index (χ1v) is 4.53. The van der Waals surface area contributed by atoms with E-state index >= 15 is 0 Å². The van der Waals surface area contributed by atoms with Crippen LogP contribution in [0.4, 0.5) is 0 Å². The zero-order chi connectivity index (χ0) is 9.54. The number of benzene rings is 1. The van der Waals surface area contributed by atoms with Gasteiger partial charge in [-0.25, -0.2) is 4.98 Å². The van der Waals surface area contributed by atoms with Gasteiger partial charge in [0, 0.05) is 24.2 Å². The summed E-state index contributed by atoms with van der Waals surface area (Å²) in [5.74, 6) is 0.939. The van der Waals surface area contributed by atoms with Crippen molar-refractivity contribution in [1.82, 2.24) is 14.8 Å². The molecule has 0 aromatic heterocycles. The highest BCUT2D eigenvalue weighted by Gasteiger charge is 2.12. The van der Waals surface area contributed by atoms with E-state index in [9.17, 15) is 0 Å². The Morgan fingerprint density at radius 2 is 2.00 bits per heavy atom. The molecule has 0 aliphatic carbocycles. The van der Waals surface area contributed by atoms with E-state index in [4.69, 9.17) is 0 Å². The third kappa shape index (κ3) is 0.865. The molecule has 0 fully saturated rings. The van der Waals surface area contributed by atoms with Crippen LogP contribution >= 0.6 is 0 Å². The minimum Gasteiger partial charge on any atom is -0.250 e. The van der Waals surface area contributed by atoms with Crippen molar-refractivity contribution in [1.29, 1.82) is 0 Å². The zero-order valence-electron chi connectivity index (χ0n) is 7.81. The summed E-state index contributed by atoms with van der Waals surface area (Å²) in [6.07, 6.45) is 1.80. The van der Waals surface area contributed by atoms with Crippen LogP contribution < -0.4 is 0 Å². The van der Waals surface area contributed by atoms with Gasteiger partial charge in [0.2, 0.25) is 0 Å². The second-order valence-corrected chi connectivity index (χ2v) is 3.32. The Bertz CT molecular complexity index is 568. The summed E-state index contributed by atoms with van der Waals surface area (Å²) in [7, 11) is 1.91. The summed E-state index contributed by atoms with van der Waals surface area (Å²) in [4.78, 5) is 4.52. The lowest BCUT2D eigenvalue weighted by Gasteiger charge is -2.02. The van der Waals surface area contributed by atoms with Gasteiger partial charge in [-0.15, -0.1) is 0 Å². The molecule has 1 aromatic carbocycles. The van der Waals surface area contributed by atoms with E-state index in [1.807, 2.05) is 31.3 Å². The van der Waals surface area contributed by atoms with E-state index in [0.29, 0.717) is 0 Å². The fourth-order valence-electron chi connectivity index (χ4n) is 1.77. The summed E-state index contributed by atoms with van der Waals surface area (Å²) < 4.78 is 1.80. The molecule has 0 amide bonds. The van der Waals surface area contributed by atoms with E-state index < -0.39 is 0 Å². The lowest BCUT2D eigenvalue weighted by Crippen LogP contribution is -2.00. The summed E-state index contributed by atoms with van der Waals surface area (Å²) >= 11 is 0. The maximum atomic E-state index is 4.52. The minimum atomic E-state index is 0.939. The van der Waals surface area contributed by atoms with E-state index in [1.165, 1.54) is 5.39 Å². The Hall–Kier alpha value is -1.90. The molecular formula is C11H9N3. The number of fused-ring (bicyclic) bond motifs is 3. The predicted octanol–water partition coefficient (Wildman–Crippen LogP) is 2.07. The van der Waals surface area contributed by atoms with Crippen LogP contribution in [-0.2, 0) is 7.05 Å². The molecule has 1 aromatic rings. The Labute approximate surface area is 81.3 Å². The molecule has 0 radical (unpaired) electrons. The first-order chi connectivity index (χ1) is 6.86. The standard InChI is InChI=1S/C11H9N3/c1-14-11-9(6-7-12-14)8-4-2-3-5-10(8)13-11/h2-7H,1H3. The number of hydrogen-bond acceptors (Lipinski definition) is 2. The Morgan fingerprint density at radius 3 is 2.93 bits per heavy atom. The molecule has 2 heterocycles. The summed E-state index contributed by atoms with van der Waals surface area (Å²) in [5.41, 5.74) is 2.20. The van der Waals surface area contributed by atoms with Gasteiger partial charge < -0.3 is 0 Å². The smallest absolute Gasteiger partial charge is 0.157 e. The Morgan fingerprint density at radius 1 is 1.14 bits per heavy atom. The Balaban J connectivity index is 2.55. The second kappa shape index (κ2) is 2.54. The quantitative estimate of drug-likeness (QED) is 0.534. The molecule has 3 rings (SSSR count). The van der Waals surface area contributed by atoms with Gasteiger partial charge in [-0.1, -0.05) is 18.2 Å². The van der Waals surface area contributed by atoms with E-state index in [1.54, 1.807) is 10.9 Å². The first-order valence-electron chi connectivity index (χ1n) is 4.53. The number of aryl methyl sites for hydroxylation is 1. The molecule has 3 heteroatoms. The molecule has 0 N–H and O–H groups in total. The van der Waals surface area contributed by atoms with Gasteiger partial charge in [-0.05, 0) is 12.1 Å². The molecule has 0 bridgehead atoms. The van der Waals surface area contributed by atoms with Gasteiger partial charge in [0.25, 0.3) is 0 Å². The van der Waals surface area contributed by atoms with E-state index in [0.717, 1.165) is 16.9 Å². The SMILES string of the molecule is Cn1nccc2c3ccccc3nc1-2. The van der Waals surface area contributed by atoms with Crippen LogP contribution in [-0.4, -0.2) is 14.8 Å². The van der Waals surface area contributed by atoms with Crippen LogP contribution in [0.3, 0.4) is 0 Å². The fourth-order valence-corrected chi connectivity index (χ4v) is 1.77. The lowest BCUT2D eigenvalue weighted by atomic mass is 10.1. The number of rotatable bonds is 0. The van der Waals surface area contributed by atoms with Gasteiger partial charge in [0.15, 0.2) is 5.82 Å². The molecule has 0 saturated carbocycles. The number of para-hydroxylation sites is 1. The molecule has 68 valence electrons. The maximum Gasteiger partial charge on any atom is 0.157 e.